The minimum atomic E-state index is -0.590. The van der Waals surface area contributed by atoms with Gasteiger partial charge in [0.15, 0.2) is 0 Å². The number of benzene rings is 1. The molecule has 0 fully saturated rings. The molecule has 0 saturated heterocycles. The number of hydrogen-bond acceptors (Lipinski definition) is 5. The molecule has 0 aliphatic rings. The number of unbranched alkanes of at least 4 members (excludes halogenated alkanes) is 1. The Morgan fingerprint density at radius 2 is 1.86 bits per heavy atom. The molecule has 0 unspecified atom stereocenters. The van der Waals surface area contributed by atoms with Crippen molar-refractivity contribution in [3.05, 3.63) is 40.4 Å². The number of amides is 2. The molecular weight excluding hydrogens is 401 g/mol. The second kappa shape index (κ2) is 9.73. The number of aryl methyl sites for hydroxylation is 1. The highest BCUT2D eigenvalue weighted by atomic mass is 35.5. The maximum absolute atomic E-state index is 14.2. The Labute approximate surface area is 173 Å². The van der Waals surface area contributed by atoms with E-state index in [0.29, 0.717) is 25.9 Å². The third kappa shape index (κ3) is 6.45. The van der Waals surface area contributed by atoms with Crippen LogP contribution in [0.1, 0.15) is 49.7 Å². The van der Waals surface area contributed by atoms with Crippen LogP contribution in [0, 0.1) is 12.7 Å². The van der Waals surface area contributed by atoms with E-state index in [9.17, 15) is 14.0 Å². The van der Waals surface area contributed by atoms with Crippen LogP contribution in [-0.4, -0.2) is 35.8 Å². The van der Waals surface area contributed by atoms with Gasteiger partial charge in [-0.25, -0.2) is 9.18 Å². The average molecular weight is 426 g/mol. The summed E-state index contributed by atoms with van der Waals surface area (Å²) in [4.78, 5) is 24.1. The molecular formula is C20H25ClFN3O4. The summed E-state index contributed by atoms with van der Waals surface area (Å²) in [6, 6.07) is 4.23. The summed E-state index contributed by atoms with van der Waals surface area (Å²) in [6.45, 7) is 7.73. The number of carbonyl (C=O) groups is 2. The quantitative estimate of drug-likeness (QED) is 0.638. The van der Waals surface area contributed by atoms with Crippen molar-refractivity contribution in [1.29, 1.82) is 0 Å². The number of nitrogens with zero attached hydrogens (tertiary/aromatic N) is 1. The fraction of sp³-hybridized carbons (Fsp3) is 0.450. The van der Waals surface area contributed by atoms with Crippen LogP contribution < -0.4 is 10.6 Å². The number of ether oxygens (including phenoxy) is 1. The molecule has 2 rings (SSSR count). The number of hydrogen-bond donors (Lipinski definition) is 2. The average Bonchev–Trinajstić information content (AvgIpc) is 2.97. The lowest BCUT2D eigenvalue weighted by molar-refractivity contribution is 0.0526. The number of rotatable bonds is 7. The van der Waals surface area contributed by atoms with Gasteiger partial charge in [0.2, 0.25) is 0 Å². The fourth-order valence-corrected chi connectivity index (χ4v) is 2.83. The van der Waals surface area contributed by atoms with Crippen molar-refractivity contribution in [2.75, 3.05) is 13.1 Å². The molecule has 2 amide bonds. The first-order valence-electron chi connectivity index (χ1n) is 9.26. The first-order valence-corrected chi connectivity index (χ1v) is 9.63. The monoisotopic (exact) mass is 425 g/mol. The van der Waals surface area contributed by atoms with E-state index in [2.05, 4.69) is 15.8 Å². The maximum atomic E-state index is 14.2. The molecule has 1 aromatic carbocycles. The summed E-state index contributed by atoms with van der Waals surface area (Å²) >= 11 is 6.08. The summed E-state index contributed by atoms with van der Waals surface area (Å²) in [5.74, 6) is -0.755. The van der Waals surface area contributed by atoms with Crippen LogP contribution >= 0.6 is 11.6 Å². The zero-order chi connectivity index (χ0) is 21.6. The Balaban J connectivity index is 1.88. The van der Waals surface area contributed by atoms with Crippen molar-refractivity contribution < 1.29 is 23.2 Å². The largest absolute Gasteiger partial charge is 0.444 e. The van der Waals surface area contributed by atoms with Gasteiger partial charge in [-0.2, -0.15) is 0 Å². The lowest BCUT2D eigenvalue weighted by Crippen LogP contribution is -2.33. The molecule has 158 valence electrons. The van der Waals surface area contributed by atoms with Crippen molar-refractivity contribution in [2.24, 2.45) is 0 Å². The SMILES string of the molecule is Cc1onc(-c2c(F)cccc2Cl)c1C(=O)NCCCCNC(=O)OC(C)(C)C. The number of halogens is 2. The van der Waals surface area contributed by atoms with Crippen LogP contribution in [0.15, 0.2) is 22.7 Å². The lowest BCUT2D eigenvalue weighted by Gasteiger charge is -2.19. The van der Waals surface area contributed by atoms with Gasteiger partial charge in [-0.15, -0.1) is 0 Å². The van der Waals surface area contributed by atoms with E-state index in [-0.39, 0.29) is 27.6 Å². The molecule has 0 aliphatic carbocycles. The van der Waals surface area contributed by atoms with Crippen LogP contribution in [0.25, 0.3) is 11.3 Å². The third-order valence-electron chi connectivity index (χ3n) is 3.85. The van der Waals surface area contributed by atoms with E-state index in [0.717, 1.165) is 0 Å². The molecule has 2 aromatic rings. The molecule has 0 spiro atoms. The number of carbonyl (C=O) groups excluding carboxylic acids is 2. The van der Waals surface area contributed by atoms with Gasteiger partial charge in [0.1, 0.15) is 28.4 Å². The minimum Gasteiger partial charge on any atom is -0.444 e. The molecule has 0 bridgehead atoms. The highest BCUT2D eigenvalue weighted by Crippen LogP contribution is 2.33. The van der Waals surface area contributed by atoms with Crippen LogP contribution in [0.2, 0.25) is 5.02 Å². The summed E-state index contributed by atoms with van der Waals surface area (Å²) in [6.07, 6.45) is 0.795. The minimum absolute atomic E-state index is 0.0257. The smallest absolute Gasteiger partial charge is 0.407 e. The Hall–Kier alpha value is -2.61. The molecule has 2 N–H and O–H groups in total. The van der Waals surface area contributed by atoms with E-state index in [1.54, 1.807) is 27.7 Å². The van der Waals surface area contributed by atoms with Crippen molar-refractivity contribution in [3.63, 3.8) is 0 Å². The van der Waals surface area contributed by atoms with Crippen LogP contribution in [-0.2, 0) is 4.74 Å². The molecule has 0 aliphatic heterocycles. The molecule has 1 aromatic heterocycles. The first kappa shape index (κ1) is 22.7. The van der Waals surface area contributed by atoms with Gasteiger partial charge in [0, 0.05) is 13.1 Å². The standard InChI is InChI=1S/C20H25ClFN3O4/c1-12-15(17(25-29-12)16-13(21)8-7-9-14(16)22)18(26)23-10-5-6-11-24-19(27)28-20(2,3)4/h7-9H,5-6,10-11H2,1-4H3,(H,23,26)(H,24,27). The van der Waals surface area contributed by atoms with E-state index in [4.69, 9.17) is 20.9 Å². The molecule has 0 radical (unpaired) electrons. The van der Waals surface area contributed by atoms with E-state index >= 15 is 0 Å². The second-order valence-corrected chi connectivity index (χ2v) is 7.86. The predicted molar refractivity (Wildman–Crippen MR) is 107 cm³/mol. The van der Waals surface area contributed by atoms with Gasteiger partial charge in [0.05, 0.1) is 10.6 Å². The van der Waals surface area contributed by atoms with Crippen molar-refractivity contribution in [3.8, 4) is 11.3 Å². The van der Waals surface area contributed by atoms with Gasteiger partial charge < -0.3 is 19.9 Å². The first-order chi connectivity index (χ1) is 13.6. The number of nitrogens with one attached hydrogen (secondary N) is 2. The lowest BCUT2D eigenvalue weighted by atomic mass is 10.0. The molecule has 9 heteroatoms. The zero-order valence-electron chi connectivity index (χ0n) is 16.9. The van der Waals surface area contributed by atoms with Crippen molar-refractivity contribution >= 4 is 23.6 Å². The van der Waals surface area contributed by atoms with Crippen molar-refractivity contribution in [2.45, 2.75) is 46.1 Å². The summed E-state index contributed by atoms with van der Waals surface area (Å²) in [5.41, 5.74) is -0.316. The van der Waals surface area contributed by atoms with Gasteiger partial charge in [0.25, 0.3) is 5.91 Å². The van der Waals surface area contributed by atoms with E-state index in [1.165, 1.54) is 18.2 Å². The topological polar surface area (TPSA) is 93.5 Å². The Kier molecular flexibility index (Phi) is 7.61. The second-order valence-electron chi connectivity index (χ2n) is 7.45. The van der Waals surface area contributed by atoms with Gasteiger partial charge in [-0.05, 0) is 52.7 Å². The third-order valence-corrected chi connectivity index (χ3v) is 4.16. The zero-order valence-corrected chi connectivity index (χ0v) is 17.7. The van der Waals surface area contributed by atoms with Crippen LogP contribution in [0.4, 0.5) is 9.18 Å². The highest BCUT2D eigenvalue weighted by molar-refractivity contribution is 6.33. The van der Waals surface area contributed by atoms with Gasteiger partial charge in [-0.1, -0.05) is 22.8 Å². The number of alkyl carbamates (subject to hydrolysis) is 1. The van der Waals surface area contributed by atoms with Crippen molar-refractivity contribution in [1.82, 2.24) is 15.8 Å². The normalized spacial score (nSPS) is 11.2. The summed E-state index contributed by atoms with van der Waals surface area (Å²) < 4.78 is 24.4. The maximum Gasteiger partial charge on any atom is 0.407 e. The summed E-state index contributed by atoms with van der Waals surface area (Å²) in [5, 5.41) is 9.36. The van der Waals surface area contributed by atoms with E-state index in [1.807, 2.05) is 0 Å². The Morgan fingerprint density at radius 1 is 1.21 bits per heavy atom. The summed E-state index contributed by atoms with van der Waals surface area (Å²) in [7, 11) is 0. The van der Waals surface area contributed by atoms with Gasteiger partial charge in [-0.3, -0.25) is 4.79 Å². The van der Waals surface area contributed by atoms with E-state index < -0.39 is 23.4 Å². The molecule has 0 atom stereocenters. The fourth-order valence-electron chi connectivity index (χ4n) is 2.58. The molecule has 0 saturated carbocycles. The van der Waals surface area contributed by atoms with Crippen LogP contribution in [0.3, 0.4) is 0 Å². The Morgan fingerprint density at radius 3 is 2.48 bits per heavy atom. The van der Waals surface area contributed by atoms with Crippen LogP contribution in [0.5, 0.6) is 0 Å². The predicted octanol–water partition coefficient (Wildman–Crippen LogP) is 4.48. The molecule has 29 heavy (non-hydrogen) atoms. The number of aromatic nitrogens is 1. The van der Waals surface area contributed by atoms with Gasteiger partial charge >= 0.3 is 6.09 Å². The molecule has 7 nitrogen and oxygen atoms in total. The Bertz CT molecular complexity index is 857. The highest BCUT2D eigenvalue weighted by Gasteiger charge is 2.25. The molecule has 1 heterocycles.